The molecular weight excluding hydrogens is 536 g/mol. The van der Waals surface area contributed by atoms with Gasteiger partial charge in [0.2, 0.25) is 5.91 Å². The van der Waals surface area contributed by atoms with Crippen LogP contribution in [0.15, 0.2) is 36.7 Å². The second-order valence-electron chi connectivity index (χ2n) is 11.0. The van der Waals surface area contributed by atoms with Crippen LogP contribution >= 0.6 is 12.2 Å². The van der Waals surface area contributed by atoms with Gasteiger partial charge in [-0.3, -0.25) is 9.59 Å². The Hall–Kier alpha value is -2.85. The van der Waals surface area contributed by atoms with Crippen LogP contribution in [-0.2, 0) is 9.53 Å². The van der Waals surface area contributed by atoms with Gasteiger partial charge in [-0.15, -0.1) is 5.10 Å². The molecule has 1 aliphatic heterocycles. The van der Waals surface area contributed by atoms with Gasteiger partial charge in [-0.1, -0.05) is 69.9 Å². The zero-order valence-corrected chi connectivity index (χ0v) is 25.7. The summed E-state index contributed by atoms with van der Waals surface area (Å²) < 4.78 is 7.44. The molecule has 1 N–H and O–H groups in total. The SMILES string of the molecule is CCCCCCCCCCCCOC(=S)CC[C@H](NC(=O)c1ccc(-n2ccnn2)cc1)C(=O)N1CCN(C)CC1. The summed E-state index contributed by atoms with van der Waals surface area (Å²) >= 11 is 5.48. The summed E-state index contributed by atoms with van der Waals surface area (Å²) in [6, 6.07) is 6.39. The molecule has 0 aliphatic carbocycles. The molecule has 0 saturated carbocycles. The van der Waals surface area contributed by atoms with Crippen molar-refractivity contribution in [2.45, 2.75) is 90.0 Å². The first-order valence-corrected chi connectivity index (χ1v) is 15.8. The highest BCUT2D eigenvalue weighted by Gasteiger charge is 2.28. The van der Waals surface area contributed by atoms with E-state index < -0.39 is 6.04 Å². The van der Waals surface area contributed by atoms with Gasteiger partial charge in [0.15, 0.2) is 5.05 Å². The minimum absolute atomic E-state index is 0.0665. The average Bonchev–Trinajstić information content (AvgIpc) is 3.53. The molecule has 3 rings (SSSR count). The molecule has 1 aromatic heterocycles. The number of rotatable bonds is 18. The van der Waals surface area contributed by atoms with Gasteiger partial charge in [0.1, 0.15) is 6.04 Å². The number of piperazine rings is 1. The molecule has 1 atom stereocenters. The molecule has 1 aromatic carbocycles. The lowest BCUT2D eigenvalue weighted by Gasteiger charge is -2.34. The summed E-state index contributed by atoms with van der Waals surface area (Å²) in [5.74, 6) is -0.358. The maximum Gasteiger partial charge on any atom is 0.251 e. The fraction of sp³-hybridized carbons (Fsp3) is 0.645. The fourth-order valence-corrected chi connectivity index (χ4v) is 5.17. The highest BCUT2D eigenvalue weighted by Crippen LogP contribution is 2.13. The number of hydrogen-bond donors (Lipinski definition) is 1. The third-order valence-corrected chi connectivity index (χ3v) is 7.95. The number of carbonyl (C=O) groups is 2. The molecule has 1 fully saturated rings. The van der Waals surface area contributed by atoms with E-state index in [9.17, 15) is 9.59 Å². The molecule has 2 heterocycles. The predicted octanol–water partition coefficient (Wildman–Crippen LogP) is 5.18. The largest absolute Gasteiger partial charge is 0.487 e. The van der Waals surface area contributed by atoms with Crippen LogP contribution in [-0.4, -0.2) is 87.5 Å². The standard InChI is InChI=1S/C31H48N6O3S/c1-3-4-5-6-7-8-9-10-11-12-25-40-29(41)18-17-28(31(39)36-23-21-35(2)22-24-36)33-30(38)26-13-15-27(16-14-26)37-20-19-32-34-37/h13-16,19-20,28H,3-12,17-18,21-25H2,1-2H3,(H,33,38)/t28-/m0/s1. The second-order valence-corrected chi connectivity index (χ2v) is 11.4. The molecule has 0 unspecified atom stereocenters. The normalized spacial score (nSPS) is 14.5. The maximum absolute atomic E-state index is 13.4. The van der Waals surface area contributed by atoms with E-state index in [-0.39, 0.29) is 11.8 Å². The maximum atomic E-state index is 13.4. The zero-order chi connectivity index (χ0) is 29.3. The molecule has 226 valence electrons. The van der Waals surface area contributed by atoms with Gasteiger partial charge >= 0.3 is 0 Å². The first-order chi connectivity index (χ1) is 20.0. The van der Waals surface area contributed by atoms with Crippen LogP contribution in [0.1, 0.15) is 94.3 Å². The highest BCUT2D eigenvalue weighted by molar-refractivity contribution is 7.80. The Morgan fingerprint density at radius 1 is 0.951 bits per heavy atom. The third-order valence-electron chi connectivity index (χ3n) is 7.63. The summed E-state index contributed by atoms with van der Waals surface area (Å²) in [4.78, 5) is 30.6. The van der Waals surface area contributed by atoms with Crippen LogP contribution in [0.3, 0.4) is 0 Å². The van der Waals surface area contributed by atoms with E-state index in [1.807, 2.05) is 4.90 Å². The predicted molar refractivity (Wildman–Crippen MR) is 166 cm³/mol. The lowest BCUT2D eigenvalue weighted by atomic mass is 10.1. The molecule has 1 saturated heterocycles. The quantitative estimate of drug-likeness (QED) is 0.191. The van der Waals surface area contributed by atoms with Gasteiger partial charge < -0.3 is 19.9 Å². The number of unbranched alkanes of at least 4 members (excludes halogenated alkanes) is 9. The van der Waals surface area contributed by atoms with Crippen LogP contribution < -0.4 is 5.32 Å². The summed E-state index contributed by atoms with van der Waals surface area (Å²) in [7, 11) is 2.05. The minimum Gasteiger partial charge on any atom is -0.487 e. The first kappa shape index (κ1) is 32.7. The van der Waals surface area contributed by atoms with Gasteiger partial charge in [0.25, 0.3) is 5.91 Å². The molecule has 41 heavy (non-hydrogen) atoms. The van der Waals surface area contributed by atoms with Crippen LogP contribution in [0.2, 0.25) is 0 Å². The van der Waals surface area contributed by atoms with Crippen molar-refractivity contribution in [1.29, 1.82) is 0 Å². The Morgan fingerprint density at radius 3 is 2.20 bits per heavy atom. The van der Waals surface area contributed by atoms with Gasteiger partial charge in [-0.25, -0.2) is 4.68 Å². The first-order valence-electron chi connectivity index (χ1n) is 15.4. The summed E-state index contributed by atoms with van der Waals surface area (Å²) in [6.07, 6.45) is 16.9. The number of likely N-dealkylation sites (N-methyl/N-ethyl adjacent to an activating group) is 1. The minimum atomic E-state index is -0.667. The Bertz CT molecular complexity index is 1040. The van der Waals surface area contributed by atoms with E-state index >= 15 is 0 Å². The highest BCUT2D eigenvalue weighted by atomic mass is 32.1. The number of hydrogen-bond acceptors (Lipinski definition) is 7. The Morgan fingerprint density at radius 2 is 1.59 bits per heavy atom. The molecular formula is C31H48N6O3S. The number of nitrogens with zero attached hydrogens (tertiary/aromatic N) is 5. The Labute approximate surface area is 251 Å². The van der Waals surface area contributed by atoms with E-state index in [1.165, 1.54) is 51.4 Å². The smallest absolute Gasteiger partial charge is 0.251 e. The fourth-order valence-electron chi connectivity index (χ4n) is 4.97. The summed E-state index contributed by atoms with van der Waals surface area (Å²) in [5.41, 5.74) is 1.28. The summed E-state index contributed by atoms with van der Waals surface area (Å²) in [6.45, 7) is 5.79. The van der Waals surface area contributed by atoms with Crippen molar-refractivity contribution < 1.29 is 14.3 Å². The molecule has 0 spiro atoms. The molecule has 10 heteroatoms. The van der Waals surface area contributed by atoms with Crippen molar-refractivity contribution in [3.05, 3.63) is 42.2 Å². The van der Waals surface area contributed by atoms with E-state index in [1.54, 1.807) is 41.3 Å². The number of aromatic nitrogens is 3. The lowest BCUT2D eigenvalue weighted by molar-refractivity contribution is -0.135. The van der Waals surface area contributed by atoms with Gasteiger partial charge in [-0.2, -0.15) is 0 Å². The number of carbonyl (C=O) groups excluding carboxylic acids is 2. The van der Waals surface area contributed by atoms with E-state index in [0.29, 0.717) is 43.2 Å². The van der Waals surface area contributed by atoms with E-state index in [2.05, 4.69) is 34.5 Å². The van der Waals surface area contributed by atoms with E-state index in [4.69, 9.17) is 17.0 Å². The number of ether oxygens (including phenoxy) is 1. The van der Waals surface area contributed by atoms with Crippen molar-refractivity contribution >= 4 is 29.1 Å². The van der Waals surface area contributed by atoms with Gasteiger partial charge in [0, 0.05) is 38.2 Å². The molecule has 2 amide bonds. The third kappa shape index (κ3) is 11.9. The van der Waals surface area contributed by atoms with Crippen LogP contribution in [0.25, 0.3) is 5.69 Å². The molecule has 1 aliphatic rings. The molecule has 9 nitrogen and oxygen atoms in total. The number of nitrogens with one attached hydrogen (secondary N) is 1. The zero-order valence-electron chi connectivity index (χ0n) is 24.9. The van der Waals surface area contributed by atoms with Crippen molar-refractivity contribution in [3.8, 4) is 5.69 Å². The van der Waals surface area contributed by atoms with Gasteiger partial charge in [-0.05, 0) is 56.4 Å². The molecule has 0 bridgehead atoms. The van der Waals surface area contributed by atoms with Crippen LogP contribution in [0, 0.1) is 0 Å². The topological polar surface area (TPSA) is 92.6 Å². The van der Waals surface area contributed by atoms with Crippen LogP contribution in [0.5, 0.6) is 0 Å². The van der Waals surface area contributed by atoms with Crippen LogP contribution in [0.4, 0.5) is 0 Å². The Balaban J connectivity index is 1.43. The van der Waals surface area contributed by atoms with Crippen molar-refractivity contribution in [3.63, 3.8) is 0 Å². The Kier molecular flexibility index (Phi) is 14.8. The van der Waals surface area contributed by atoms with Crippen molar-refractivity contribution in [1.82, 2.24) is 30.1 Å². The summed E-state index contributed by atoms with van der Waals surface area (Å²) in [5, 5.41) is 11.3. The number of amides is 2. The molecule has 2 aromatic rings. The van der Waals surface area contributed by atoms with E-state index in [0.717, 1.165) is 31.6 Å². The lowest BCUT2D eigenvalue weighted by Crippen LogP contribution is -2.54. The van der Waals surface area contributed by atoms with Crippen molar-refractivity contribution in [2.75, 3.05) is 39.8 Å². The molecule has 0 radical (unpaired) electrons. The number of benzene rings is 1. The second kappa shape index (κ2) is 18.6. The average molecular weight is 585 g/mol. The van der Waals surface area contributed by atoms with Crippen molar-refractivity contribution in [2.24, 2.45) is 0 Å². The number of thiocarbonyl (C=S) groups is 1. The monoisotopic (exact) mass is 584 g/mol. The van der Waals surface area contributed by atoms with Gasteiger partial charge in [0.05, 0.1) is 24.7 Å².